The lowest BCUT2D eigenvalue weighted by Gasteiger charge is -2.28. The van der Waals surface area contributed by atoms with Crippen LogP contribution in [0.5, 0.6) is 0 Å². The maximum Gasteiger partial charge on any atom is 0.224 e. The van der Waals surface area contributed by atoms with E-state index in [4.69, 9.17) is 5.73 Å². The third-order valence-corrected chi connectivity index (χ3v) is 3.60. The Morgan fingerprint density at radius 3 is 2.05 bits per heavy atom. The van der Waals surface area contributed by atoms with Crippen LogP contribution in [0.1, 0.15) is 41.0 Å². The SMILES string of the molecule is CC(C)(C)CC(CN)C(=O)NCC(C)(C)NS(C)(=O)=O. The van der Waals surface area contributed by atoms with Gasteiger partial charge in [0.2, 0.25) is 15.9 Å². The Kier molecular flexibility index (Phi) is 6.64. The molecule has 20 heavy (non-hydrogen) atoms. The van der Waals surface area contributed by atoms with Crippen molar-refractivity contribution < 1.29 is 13.2 Å². The van der Waals surface area contributed by atoms with Gasteiger partial charge in [0.05, 0.1) is 12.2 Å². The molecule has 0 spiro atoms. The number of sulfonamides is 1. The molecule has 7 heteroatoms. The summed E-state index contributed by atoms with van der Waals surface area (Å²) in [4.78, 5) is 12.1. The molecule has 4 N–H and O–H groups in total. The highest BCUT2D eigenvalue weighted by molar-refractivity contribution is 7.88. The van der Waals surface area contributed by atoms with Crippen molar-refractivity contribution in [3.63, 3.8) is 0 Å². The number of nitrogens with two attached hydrogens (primary N) is 1. The van der Waals surface area contributed by atoms with Crippen LogP contribution in [-0.4, -0.2) is 39.2 Å². The van der Waals surface area contributed by atoms with E-state index >= 15 is 0 Å². The topological polar surface area (TPSA) is 101 Å². The van der Waals surface area contributed by atoms with E-state index < -0.39 is 15.6 Å². The van der Waals surface area contributed by atoms with Crippen LogP contribution in [0.4, 0.5) is 0 Å². The molecule has 0 bridgehead atoms. The Bertz CT molecular complexity index is 425. The van der Waals surface area contributed by atoms with E-state index in [1.54, 1.807) is 13.8 Å². The zero-order valence-corrected chi connectivity index (χ0v) is 14.2. The molecule has 0 heterocycles. The van der Waals surface area contributed by atoms with Gasteiger partial charge in [-0.05, 0) is 25.7 Å². The summed E-state index contributed by atoms with van der Waals surface area (Å²) in [6, 6.07) is 0. The minimum Gasteiger partial charge on any atom is -0.354 e. The fourth-order valence-electron chi connectivity index (χ4n) is 2.01. The van der Waals surface area contributed by atoms with Gasteiger partial charge in [-0.2, -0.15) is 0 Å². The molecule has 0 aromatic heterocycles. The zero-order chi connectivity index (χ0) is 16.2. The molecule has 0 radical (unpaired) electrons. The predicted octanol–water partition coefficient (Wildman–Crippen LogP) is 0.442. The van der Waals surface area contributed by atoms with Crippen molar-refractivity contribution in [3.05, 3.63) is 0 Å². The molecule has 0 rings (SSSR count). The third-order valence-electron chi connectivity index (χ3n) is 2.68. The predicted molar refractivity (Wildman–Crippen MR) is 81.7 cm³/mol. The number of hydrogen-bond donors (Lipinski definition) is 3. The summed E-state index contributed by atoms with van der Waals surface area (Å²) < 4.78 is 24.9. The van der Waals surface area contributed by atoms with Crippen molar-refractivity contribution in [1.82, 2.24) is 10.0 Å². The standard InChI is InChI=1S/C13H29N3O3S/c1-12(2,3)7-10(8-14)11(17)15-9-13(4,5)16-20(6,18)19/h10,16H,7-9,14H2,1-6H3,(H,15,17). The number of carbonyl (C=O) groups is 1. The Hall–Kier alpha value is -0.660. The second kappa shape index (κ2) is 6.87. The van der Waals surface area contributed by atoms with Gasteiger partial charge in [0.25, 0.3) is 0 Å². The minimum atomic E-state index is -3.31. The van der Waals surface area contributed by atoms with E-state index in [-0.39, 0.29) is 30.3 Å². The fourth-order valence-corrected chi connectivity index (χ4v) is 3.09. The monoisotopic (exact) mass is 307 g/mol. The van der Waals surface area contributed by atoms with Crippen LogP contribution in [0.15, 0.2) is 0 Å². The minimum absolute atomic E-state index is 0.0158. The largest absolute Gasteiger partial charge is 0.354 e. The summed E-state index contributed by atoms with van der Waals surface area (Å²) in [5, 5.41) is 2.77. The number of rotatable bonds is 7. The molecule has 0 saturated heterocycles. The Morgan fingerprint density at radius 2 is 1.70 bits per heavy atom. The Balaban J connectivity index is 4.53. The van der Waals surface area contributed by atoms with E-state index in [0.717, 1.165) is 6.26 Å². The average molecular weight is 307 g/mol. The first-order valence-electron chi connectivity index (χ1n) is 6.72. The van der Waals surface area contributed by atoms with Crippen molar-refractivity contribution in [1.29, 1.82) is 0 Å². The number of carbonyl (C=O) groups excluding carboxylic acids is 1. The maximum atomic E-state index is 12.1. The summed E-state index contributed by atoms with van der Waals surface area (Å²) >= 11 is 0. The number of amides is 1. The zero-order valence-electron chi connectivity index (χ0n) is 13.4. The van der Waals surface area contributed by atoms with Crippen molar-refractivity contribution in [3.8, 4) is 0 Å². The first-order chi connectivity index (χ1) is 8.76. The lowest BCUT2D eigenvalue weighted by Crippen LogP contribution is -2.52. The molecule has 6 nitrogen and oxygen atoms in total. The smallest absolute Gasteiger partial charge is 0.224 e. The van der Waals surface area contributed by atoms with Crippen LogP contribution in [0, 0.1) is 11.3 Å². The van der Waals surface area contributed by atoms with E-state index in [1.165, 1.54) is 0 Å². The first-order valence-corrected chi connectivity index (χ1v) is 8.62. The van der Waals surface area contributed by atoms with E-state index in [1.807, 2.05) is 0 Å². The molecule has 1 amide bonds. The number of nitrogens with one attached hydrogen (secondary N) is 2. The van der Waals surface area contributed by atoms with Crippen LogP contribution < -0.4 is 15.8 Å². The van der Waals surface area contributed by atoms with Crippen LogP contribution in [0.2, 0.25) is 0 Å². The molecule has 0 saturated carbocycles. The molecule has 0 aliphatic carbocycles. The molecule has 1 unspecified atom stereocenters. The molecule has 0 aliphatic heterocycles. The molecule has 0 fully saturated rings. The van der Waals surface area contributed by atoms with Crippen molar-refractivity contribution >= 4 is 15.9 Å². The van der Waals surface area contributed by atoms with Gasteiger partial charge in [0, 0.05) is 18.6 Å². The fraction of sp³-hybridized carbons (Fsp3) is 0.923. The normalized spacial score (nSPS) is 14.9. The molecule has 0 aromatic carbocycles. The molecule has 0 aliphatic rings. The highest BCUT2D eigenvalue weighted by Crippen LogP contribution is 2.24. The lowest BCUT2D eigenvalue weighted by atomic mass is 9.84. The lowest BCUT2D eigenvalue weighted by molar-refractivity contribution is -0.125. The Labute approximate surface area is 122 Å². The first kappa shape index (κ1) is 19.3. The van der Waals surface area contributed by atoms with Crippen molar-refractivity contribution in [2.45, 2.75) is 46.6 Å². The molecule has 0 aromatic rings. The van der Waals surface area contributed by atoms with Gasteiger partial charge < -0.3 is 11.1 Å². The molecule has 1 atom stereocenters. The van der Waals surface area contributed by atoms with Gasteiger partial charge in [-0.3, -0.25) is 4.79 Å². The van der Waals surface area contributed by atoms with Gasteiger partial charge in [-0.25, -0.2) is 13.1 Å². The number of hydrogen-bond acceptors (Lipinski definition) is 4. The summed E-state index contributed by atoms with van der Waals surface area (Å²) in [5.41, 5.74) is 4.93. The van der Waals surface area contributed by atoms with Gasteiger partial charge in [0.1, 0.15) is 0 Å². The quantitative estimate of drug-likeness (QED) is 0.635. The Morgan fingerprint density at radius 1 is 1.20 bits per heavy atom. The molecular formula is C13H29N3O3S. The second-order valence-corrected chi connectivity index (χ2v) is 8.92. The molecular weight excluding hydrogens is 278 g/mol. The van der Waals surface area contributed by atoms with E-state index in [0.29, 0.717) is 6.42 Å². The summed E-state index contributed by atoms with van der Waals surface area (Å²) in [6.07, 6.45) is 1.79. The van der Waals surface area contributed by atoms with Crippen LogP contribution >= 0.6 is 0 Å². The van der Waals surface area contributed by atoms with Crippen molar-refractivity contribution in [2.75, 3.05) is 19.3 Å². The van der Waals surface area contributed by atoms with Crippen LogP contribution in [0.25, 0.3) is 0 Å². The summed E-state index contributed by atoms with van der Waals surface area (Å²) in [6.45, 7) is 10.1. The third kappa shape index (κ3) is 9.28. The van der Waals surface area contributed by atoms with Gasteiger partial charge in [-0.15, -0.1) is 0 Å². The van der Waals surface area contributed by atoms with E-state index in [9.17, 15) is 13.2 Å². The van der Waals surface area contributed by atoms with Gasteiger partial charge in [0.15, 0.2) is 0 Å². The summed E-state index contributed by atoms with van der Waals surface area (Å²) in [7, 11) is -3.31. The van der Waals surface area contributed by atoms with Crippen molar-refractivity contribution in [2.24, 2.45) is 17.1 Å². The average Bonchev–Trinajstić information content (AvgIpc) is 2.18. The highest BCUT2D eigenvalue weighted by Gasteiger charge is 2.27. The summed E-state index contributed by atoms with van der Waals surface area (Å²) in [5.74, 6) is -0.394. The van der Waals surface area contributed by atoms with Gasteiger partial charge >= 0.3 is 0 Å². The highest BCUT2D eigenvalue weighted by atomic mass is 32.2. The maximum absolute atomic E-state index is 12.1. The van der Waals surface area contributed by atoms with E-state index in [2.05, 4.69) is 30.8 Å². The van der Waals surface area contributed by atoms with Crippen LogP contribution in [-0.2, 0) is 14.8 Å². The van der Waals surface area contributed by atoms with Gasteiger partial charge in [-0.1, -0.05) is 20.8 Å². The second-order valence-electron chi connectivity index (χ2n) is 7.17. The van der Waals surface area contributed by atoms with Crippen LogP contribution in [0.3, 0.4) is 0 Å². The molecule has 120 valence electrons.